The molecule has 10 heteroatoms. The Balaban J connectivity index is 1.32. The number of aliphatic carboxylic acids is 1. The zero-order valence-electron chi connectivity index (χ0n) is 22.4. The van der Waals surface area contributed by atoms with Crippen molar-refractivity contribution in [3.63, 3.8) is 0 Å². The molecule has 4 aromatic rings. The van der Waals surface area contributed by atoms with E-state index in [1.54, 1.807) is 12.1 Å². The van der Waals surface area contributed by atoms with E-state index in [1.165, 1.54) is 6.07 Å². The molecule has 0 bridgehead atoms. The number of aromatic nitrogens is 2. The molecule has 2 amide bonds. The normalized spacial score (nSPS) is 15.1. The molecule has 1 aliphatic heterocycles. The van der Waals surface area contributed by atoms with Gasteiger partial charge in [0.05, 0.1) is 29.4 Å². The number of amides is 2. The highest BCUT2D eigenvalue weighted by Gasteiger charge is 2.29. The number of anilines is 3. The summed E-state index contributed by atoms with van der Waals surface area (Å²) >= 11 is 0. The number of rotatable bonds is 8. The SMILES string of the molecule is O=C(O)Cc1cc(F)ccc1NC(=O)c1ccc(N2CCCCC2)c(NC(=O)c2nn(C3CC3)c3ccccc23)c1. The lowest BCUT2D eigenvalue weighted by atomic mass is 10.1. The predicted molar refractivity (Wildman–Crippen MR) is 154 cm³/mol. The molecule has 210 valence electrons. The number of piperidine rings is 1. The van der Waals surface area contributed by atoms with Gasteiger partial charge in [0.1, 0.15) is 5.82 Å². The van der Waals surface area contributed by atoms with E-state index >= 15 is 0 Å². The van der Waals surface area contributed by atoms with Gasteiger partial charge >= 0.3 is 5.97 Å². The average molecular weight is 556 g/mol. The molecule has 0 radical (unpaired) electrons. The molecule has 1 aromatic heterocycles. The van der Waals surface area contributed by atoms with Crippen LogP contribution in [0.2, 0.25) is 0 Å². The Labute approximate surface area is 236 Å². The quantitative estimate of drug-likeness (QED) is 0.259. The number of carbonyl (C=O) groups is 3. The second-order valence-electron chi connectivity index (χ2n) is 10.6. The Morgan fingerprint density at radius 3 is 2.41 bits per heavy atom. The summed E-state index contributed by atoms with van der Waals surface area (Å²) in [5.74, 6) is -2.60. The van der Waals surface area contributed by atoms with Gasteiger partial charge in [0.2, 0.25) is 0 Å². The first-order chi connectivity index (χ1) is 19.9. The smallest absolute Gasteiger partial charge is 0.307 e. The Morgan fingerprint density at radius 1 is 0.902 bits per heavy atom. The number of nitrogens with one attached hydrogen (secondary N) is 2. The second kappa shape index (κ2) is 11.0. The van der Waals surface area contributed by atoms with Crippen molar-refractivity contribution in [2.24, 2.45) is 0 Å². The molecule has 0 atom stereocenters. The topological polar surface area (TPSA) is 117 Å². The van der Waals surface area contributed by atoms with Crippen LogP contribution in [0.5, 0.6) is 0 Å². The van der Waals surface area contributed by atoms with Crippen LogP contribution in [0.3, 0.4) is 0 Å². The first-order valence-electron chi connectivity index (χ1n) is 13.9. The molecule has 0 unspecified atom stereocenters. The zero-order valence-corrected chi connectivity index (χ0v) is 22.4. The van der Waals surface area contributed by atoms with Crippen LogP contribution >= 0.6 is 0 Å². The van der Waals surface area contributed by atoms with Crippen LogP contribution in [0.25, 0.3) is 10.9 Å². The maximum atomic E-state index is 13.8. The van der Waals surface area contributed by atoms with Gasteiger partial charge in [-0.15, -0.1) is 0 Å². The summed E-state index contributed by atoms with van der Waals surface area (Å²) in [6, 6.07) is 16.7. The first-order valence-corrected chi connectivity index (χ1v) is 13.9. The first kappa shape index (κ1) is 26.5. The molecule has 1 saturated heterocycles. The lowest BCUT2D eigenvalue weighted by Gasteiger charge is -2.30. The fourth-order valence-electron chi connectivity index (χ4n) is 5.41. The van der Waals surface area contributed by atoms with E-state index in [1.807, 2.05) is 35.0 Å². The van der Waals surface area contributed by atoms with Gasteiger partial charge in [-0.25, -0.2) is 4.39 Å². The Kier molecular flexibility index (Phi) is 7.13. The third kappa shape index (κ3) is 5.63. The van der Waals surface area contributed by atoms with E-state index < -0.39 is 24.1 Å². The molecule has 1 saturated carbocycles. The molecule has 3 aromatic carbocycles. The van der Waals surface area contributed by atoms with E-state index in [9.17, 15) is 23.9 Å². The van der Waals surface area contributed by atoms with Crippen molar-refractivity contribution in [1.29, 1.82) is 0 Å². The minimum atomic E-state index is -1.14. The Bertz CT molecular complexity index is 1660. The number of carboxylic acids is 1. The summed E-state index contributed by atoms with van der Waals surface area (Å²) in [5, 5.41) is 20.4. The second-order valence-corrected chi connectivity index (χ2v) is 10.6. The van der Waals surface area contributed by atoms with Gasteiger partial charge in [0.15, 0.2) is 5.69 Å². The van der Waals surface area contributed by atoms with Crippen molar-refractivity contribution in [3.8, 4) is 0 Å². The highest BCUT2D eigenvalue weighted by Crippen LogP contribution is 2.38. The number of hydrogen-bond acceptors (Lipinski definition) is 5. The number of nitrogens with zero attached hydrogens (tertiary/aromatic N) is 3. The summed E-state index contributed by atoms with van der Waals surface area (Å²) in [6.45, 7) is 1.67. The van der Waals surface area contributed by atoms with Gasteiger partial charge in [-0.2, -0.15) is 5.10 Å². The Hall–Kier alpha value is -4.73. The number of halogens is 1. The van der Waals surface area contributed by atoms with E-state index in [0.717, 1.165) is 73.9 Å². The minimum Gasteiger partial charge on any atom is -0.481 e. The molecule has 2 aliphatic rings. The maximum absolute atomic E-state index is 13.8. The fraction of sp³-hybridized carbons (Fsp3) is 0.290. The molecule has 2 fully saturated rings. The summed E-state index contributed by atoms with van der Waals surface area (Å²) in [5.41, 5.74) is 3.18. The summed E-state index contributed by atoms with van der Waals surface area (Å²) in [4.78, 5) is 40.5. The van der Waals surface area contributed by atoms with Gasteiger partial charge < -0.3 is 20.6 Å². The largest absolute Gasteiger partial charge is 0.481 e. The van der Waals surface area contributed by atoms with Crippen LogP contribution in [0, 0.1) is 5.82 Å². The maximum Gasteiger partial charge on any atom is 0.307 e. The molecule has 0 spiro atoms. The van der Waals surface area contributed by atoms with Crippen LogP contribution < -0.4 is 15.5 Å². The minimum absolute atomic E-state index is 0.155. The number of fused-ring (bicyclic) bond motifs is 1. The monoisotopic (exact) mass is 555 g/mol. The van der Waals surface area contributed by atoms with Crippen molar-refractivity contribution < 1.29 is 23.9 Å². The molecular formula is C31H30FN5O4. The van der Waals surface area contributed by atoms with Gasteiger partial charge in [-0.1, -0.05) is 18.2 Å². The molecule has 3 N–H and O–H groups in total. The van der Waals surface area contributed by atoms with Crippen molar-refractivity contribution in [3.05, 3.63) is 83.3 Å². The third-order valence-electron chi connectivity index (χ3n) is 7.58. The Morgan fingerprint density at radius 2 is 1.66 bits per heavy atom. The van der Waals surface area contributed by atoms with E-state index in [-0.39, 0.29) is 22.7 Å². The average Bonchev–Trinajstić information content (AvgIpc) is 3.74. The lowest BCUT2D eigenvalue weighted by molar-refractivity contribution is -0.136. The van der Waals surface area contributed by atoms with E-state index in [0.29, 0.717) is 17.4 Å². The number of carbonyl (C=O) groups excluding carboxylic acids is 2. The number of benzene rings is 3. The summed E-state index contributed by atoms with van der Waals surface area (Å²) < 4.78 is 15.7. The van der Waals surface area contributed by atoms with Gasteiger partial charge in [-0.05, 0) is 80.1 Å². The van der Waals surface area contributed by atoms with Gasteiger partial charge in [0.25, 0.3) is 11.8 Å². The van der Waals surface area contributed by atoms with Crippen LogP contribution in [-0.2, 0) is 11.2 Å². The van der Waals surface area contributed by atoms with Crippen molar-refractivity contribution in [2.75, 3.05) is 28.6 Å². The van der Waals surface area contributed by atoms with Crippen LogP contribution in [0.15, 0.2) is 60.7 Å². The van der Waals surface area contributed by atoms with Crippen molar-refractivity contribution in [1.82, 2.24) is 9.78 Å². The van der Waals surface area contributed by atoms with E-state index in [2.05, 4.69) is 20.6 Å². The molecule has 9 nitrogen and oxygen atoms in total. The van der Waals surface area contributed by atoms with Crippen molar-refractivity contribution in [2.45, 2.75) is 44.6 Å². The lowest BCUT2D eigenvalue weighted by Crippen LogP contribution is -2.30. The molecular weight excluding hydrogens is 525 g/mol. The number of hydrogen-bond donors (Lipinski definition) is 3. The van der Waals surface area contributed by atoms with Crippen LogP contribution in [0.1, 0.15) is 64.6 Å². The van der Waals surface area contributed by atoms with Gasteiger partial charge in [0, 0.05) is 29.7 Å². The summed E-state index contributed by atoms with van der Waals surface area (Å²) in [6.07, 6.45) is 4.83. The standard InChI is InChI=1S/C31H30FN5O4/c32-21-9-12-24(20(16-21)18-28(38)39)33-30(40)19-8-13-27(36-14-4-1-5-15-36)25(17-19)34-31(41)29-23-6-2-3-7-26(23)37(35-29)22-10-11-22/h2-3,6-9,12-13,16-17,22H,1,4-5,10-11,14-15,18H2,(H,33,40)(H,34,41)(H,38,39). The van der Waals surface area contributed by atoms with E-state index in [4.69, 9.17) is 0 Å². The van der Waals surface area contributed by atoms with Crippen molar-refractivity contribution >= 4 is 45.7 Å². The summed E-state index contributed by atoms with van der Waals surface area (Å²) in [7, 11) is 0. The molecule has 2 heterocycles. The highest BCUT2D eigenvalue weighted by atomic mass is 19.1. The fourth-order valence-corrected chi connectivity index (χ4v) is 5.41. The molecule has 41 heavy (non-hydrogen) atoms. The van der Waals surface area contributed by atoms with Gasteiger partial charge in [-0.3, -0.25) is 19.1 Å². The van der Waals surface area contributed by atoms with Crippen LogP contribution in [0.4, 0.5) is 21.5 Å². The molecule has 1 aliphatic carbocycles. The molecule has 6 rings (SSSR count). The number of carboxylic acid groups (broad SMARTS) is 1. The third-order valence-corrected chi connectivity index (χ3v) is 7.58. The highest BCUT2D eigenvalue weighted by molar-refractivity contribution is 6.13. The van der Waals surface area contributed by atoms with Crippen LogP contribution in [-0.4, -0.2) is 45.8 Å². The number of para-hydroxylation sites is 1. The zero-order chi connectivity index (χ0) is 28.5. The predicted octanol–water partition coefficient (Wildman–Crippen LogP) is 5.63.